The van der Waals surface area contributed by atoms with Crippen molar-refractivity contribution in [2.45, 2.75) is 58.8 Å². The molecule has 2 rings (SSSR count). The molecule has 0 amide bonds. The molecule has 0 aliphatic heterocycles. The Bertz CT molecular complexity index is 161. The molecule has 13 heavy (non-hydrogen) atoms. The average Bonchev–Trinajstić information content (AvgIpc) is 2.77. The summed E-state index contributed by atoms with van der Waals surface area (Å²) in [6.45, 7) is 4.74. The zero-order valence-corrected chi connectivity index (χ0v) is 9.26. The summed E-state index contributed by atoms with van der Waals surface area (Å²) in [6, 6.07) is 0. The van der Waals surface area contributed by atoms with Crippen molar-refractivity contribution in [3.8, 4) is 0 Å². The summed E-state index contributed by atoms with van der Waals surface area (Å²) < 4.78 is 0. The van der Waals surface area contributed by atoms with Gasteiger partial charge in [-0.25, -0.2) is 0 Å². The van der Waals surface area contributed by atoms with Crippen LogP contribution in [0.3, 0.4) is 0 Å². The summed E-state index contributed by atoms with van der Waals surface area (Å²) in [7, 11) is 0. The van der Waals surface area contributed by atoms with Gasteiger partial charge in [-0.2, -0.15) is 0 Å². The summed E-state index contributed by atoms with van der Waals surface area (Å²) in [6.07, 6.45) is 10.6. The van der Waals surface area contributed by atoms with E-state index in [-0.39, 0.29) is 0 Å². The van der Waals surface area contributed by atoms with Gasteiger partial charge in [0.15, 0.2) is 0 Å². The maximum absolute atomic E-state index is 2.42. The molecule has 2 saturated carbocycles. The molecule has 2 fully saturated rings. The highest BCUT2D eigenvalue weighted by Crippen LogP contribution is 2.49. The number of unbranched alkanes of at least 4 members (excludes halogenated alkanes) is 1. The Balaban J connectivity index is 1.63. The summed E-state index contributed by atoms with van der Waals surface area (Å²) in [5.74, 6) is 4.48. The van der Waals surface area contributed by atoms with Crippen molar-refractivity contribution in [3.63, 3.8) is 0 Å². The third kappa shape index (κ3) is 2.27. The van der Waals surface area contributed by atoms with Crippen LogP contribution in [0.25, 0.3) is 0 Å². The van der Waals surface area contributed by atoms with Crippen molar-refractivity contribution in [2.24, 2.45) is 23.7 Å². The van der Waals surface area contributed by atoms with Crippen molar-refractivity contribution in [1.29, 1.82) is 0 Å². The molecule has 0 aromatic heterocycles. The van der Waals surface area contributed by atoms with E-state index in [0.29, 0.717) is 0 Å². The van der Waals surface area contributed by atoms with Crippen molar-refractivity contribution in [3.05, 3.63) is 0 Å². The lowest BCUT2D eigenvalue weighted by Gasteiger charge is -2.37. The molecule has 0 heterocycles. The Hall–Kier alpha value is 0. The molecular weight excluding hydrogens is 156 g/mol. The molecule has 2 aliphatic carbocycles. The van der Waals surface area contributed by atoms with Crippen LogP contribution in [-0.4, -0.2) is 0 Å². The van der Waals surface area contributed by atoms with Crippen molar-refractivity contribution >= 4 is 0 Å². The van der Waals surface area contributed by atoms with E-state index in [9.17, 15) is 0 Å². The van der Waals surface area contributed by atoms with Crippen molar-refractivity contribution < 1.29 is 0 Å². The molecule has 0 aromatic rings. The first-order valence-electron chi connectivity index (χ1n) is 6.31. The predicted octanol–water partition coefficient (Wildman–Crippen LogP) is 4.25. The van der Waals surface area contributed by atoms with Crippen LogP contribution in [-0.2, 0) is 0 Å². The van der Waals surface area contributed by atoms with Crippen LogP contribution < -0.4 is 0 Å². The SMILES string of the molecule is CCCCC1CCC1CC1CC1C. The van der Waals surface area contributed by atoms with Gasteiger partial charge in [0.2, 0.25) is 0 Å². The molecule has 0 aromatic carbocycles. The first-order valence-corrected chi connectivity index (χ1v) is 6.31. The van der Waals surface area contributed by atoms with Crippen LogP contribution in [0.1, 0.15) is 58.8 Å². The standard InChI is InChI=1S/C13H24/c1-3-4-5-11-6-7-12(11)9-13-8-10(13)2/h10-13H,3-9H2,1-2H3. The number of rotatable bonds is 5. The summed E-state index contributed by atoms with van der Waals surface area (Å²) >= 11 is 0. The van der Waals surface area contributed by atoms with Gasteiger partial charge >= 0.3 is 0 Å². The Morgan fingerprint density at radius 2 is 1.77 bits per heavy atom. The van der Waals surface area contributed by atoms with E-state index in [1.807, 2.05) is 0 Å². The minimum absolute atomic E-state index is 1.08. The average molecular weight is 180 g/mol. The topological polar surface area (TPSA) is 0 Å². The number of hydrogen-bond acceptors (Lipinski definition) is 0. The third-order valence-electron chi connectivity index (χ3n) is 4.39. The molecule has 0 radical (unpaired) electrons. The van der Waals surface area contributed by atoms with Crippen LogP contribution in [0.15, 0.2) is 0 Å². The second-order valence-electron chi connectivity index (χ2n) is 5.45. The highest BCUT2D eigenvalue weighted by atomic mass is 14.4. The van der Waals surface area contributed by atoms with Gasteiger partial charge in [0.05, 0.1) is 0 Å². The van der Waals surface area contributed by atoms with Crippen LogP contribution >= 0.6 is 0 Å². The van der Waals surface area contributed by atoms with Crippen molar-refractivity contribution in [1.82, 2.24) is 0 Å². The van der Waals surface area contributed by atoms with E-state index < -0.39 is 0 Å². The van der Waals surface area contributed by atoms with Crippen LogP contribution in [0.5, 0.6) is 0 Å². The lowest BCUT2D eigenvalue weighted by atomic mass is 9.69. The molecule has 4 atom stereocenters. The molecular formula is C13H24. The van der Waals surface area contributed by atoms with Crippen LogP contribution in [0.2, 0.25) is 0 Å². The fraction of sp³-hybridized carbons (Fsp3) is 1.00. The zero-order chi connectivity index (χ0) is 9.26. The first-order chi connectivity index (χ1) is 6.31. The summed E-state index contributed by atoms with van der Waals surface area (Å²) in [5, 5.41) is 0. The molecule has 0 bridgehead atoms. The maximum atomic E-state index is 2.42. The van der Waals surface area contributed by atoms with E-state index in [1.54, 1.807) is 19.3 Å². The Morgan fingerprint density at radius 1 is 1.08 bits per heavy atom. The van der Waals surface area contributed by atoms with Crippen LogP contribution in [0, 0.1) is 23.7 Å². The molecule has 0 spiro atoms. The lowest BCUT2D eigenvalue weighted by Crippen LogP contribution is -2.26. The van der Waals surface area contributed by atoms with Gasteiger partial charge in [0, 0.05) is 0 Å². The summed E-state index contributed by atoms with van der Waals surface area (Å²) in [4.78, 5) is 0. The van der Waals surface area contributed by atoms with Crippen molar-refractivity contribution in [2.75, 3.05) is 0 Å². The largest absolute Gasteiger partial charge is 0.0654 e. The quantitative estimate of drug-likeness (QED) is 0.593. The zero-order valence-electron chi connectivity index (χ0n) is 9.26. The first kappa shape index (κ1) is 9.55. The molecule has 0 N–H and O–H groups in total. The van der Waals surface area contributed by atoms with E-state index >= 15 is 0 Å². The monoisotopic (exact) mass is 180 g/mol. The minimum atomic E-state index is 1.08. The van der Waals surface area contributed by atoms with Gasteiger partial charge in [-0.1, -0.05) is 33.1 Å². The van der Waals surface area contributed by atoms with Gasteiger partial charge < -0.3 is 0 Å². The van der Waals surface area contributed by atoms with Gasteiger partial charge in [-0.15, -0.1) is 0 Å². The van der Waals surface area contributed by atoms with Gasteiger partial charge in [0.1, 0.15) is 0 Å². The minimum Gasteiger partial charge on any atom is -0.0654 e. The predicted molar refractivity (Wildman–Crippen MR) is 57.6 cm³/mol. The van der Waals surface area contributed by atoms with Crippen LogP contribution in [0.4, 0.5) is 0 Å². The lowest BCUT2D eigenvalue weighted by molar-refractivity contribution is 0.141. The molecule has 2 aliphatic rings. The number of hydrogen-bond donors (Lipinski definition) is 0. The Morgan fingerprint density at radius 3 is 2.23 bits per heavy atom. The highest BCUT2D eigenvalue weighted by Gasteiger charge is 2.39. The smallest absolute Gasteiger partial charge is 0.0383 e. The maximum Gasteiger partial charge on any atom is -0.0383 e. The molecule has 76 valence electrons. The molecule has 0 nitrogen and oxygen atoms in total. The second kappa shape index (κ2) is 4.02. The van der Waals surface area contributed by atoms with E-state index in [2.05, 4.69) is 13.8 Å². The summed E-state index contributed by atoms with van der Waals surface area (Å²) in [5.41, 5.74) is 0. The van der Waals surface area contributed by atoms with Gasteiger partial charge in [0.25, 0.3) is 0 Å². The molecule has 4 unspecified atom stereocenters. The normalized spacial score (nSPS) is 42.9. The second-order valence-corrected chi connectivity index (χ2v) is 5.45. The third-order valence-corrected chi connectivity index (χ3v) is 4.39. The van der Waals surface area contributed by atoms with Gasteiger partial charge in [-0.3, -0.25) is 0 Å². The molecule has 0 saturated heterocycles. The fourth-order valence-corrected chi connectivity index (χ4v) is 2.91. The Labute approximate surface area is 83.1 Å². The van der Waals surface area contributed by atoms with E-state index in [0.717, 1.165) is 23.7 Å². The van der Waals surface area contributed by atoms with E-state index in [1.165, 1.54) is 25.7 Å². The van der Waals surface area contributed by atoms with Gasteiger partial charge in [-0.05, 0) is 49.4 Å². The fourth-order valence-electron chi connectivity index (χ4n) is 2.91. The highest BCUT2D eigenvalue weighted by molar-refractivity contribution is 4.89. The molecule has 0 heteroatoms. The van der Waals surface area contributed by atoms with E-state index in [4.69, 9.17) is 0 Å². The Kier molecular flexibility index (Phi) is 2.96.